The molecule has 1 aliphatic heterocycles. The molecule has 0 radical (unpaired) electrons. The molecule has 0 saturated carbocycles. The number of benzene rings is 1. The number of nitrogens with zero attached hydrogens (tertiary/aromatic N) is 4. The van der Waals surface area contributed by atoms with E-state index >= 15 is 0 Å². The van der Waals surface area contributed by atoms with E-state index in [0.29, 0.717) is 6.04 Å². The fraction of sp³-hybridized carbons (Fsp3) is 0.438. The van der Waals surface area contributed by atoms with Crippen molar-refractivity contribution < 1.29 is 4.92 Å². The number of nitro benzene ring substituents is 1. The van der Waals surface area contributed by atoms with Gasteiger partial charge in [0.1, 0.15) is 0 Å². The summed E-state index contributed by atoms with van der Waals surface area (Å²) in [5, 5.41) is 18.8. The molecule has 1 atom stereocenters. The first-order valence-electron chi connectivity index (χ1n) is 7.76. The van der Waals surface area contributed by atoms with Crippen LogP contribution in [-0.2, 0) is 13.6 Å². The highest BCUT2D eigenvalue weighted by Crippen LogP contribution is 2.25. The summed E-state index contributed by atoms with van der Waals surface area (Å²) < 4.78 is 1.80. The lowest BCUT2D eigenvalue weighted by atomic mass is 10.1. The lowest BCUT2D eigenvalue weighted by Crippen LogP contribution is -2.48. The topological polar surface area (TPSA) is 76.2 Å². The zero-order valence-electron chi connectivity index (χ0n) is 13.4. The fourth-order valence-electron chi connectivity index (χ4n) is 3.03. The predicted molar refractivity (Wildman–Crippen MR) is 88.0 cm³/mol. The standard InChI is InChI=1S/C16H21N5O2/c1-12-9-20(8-7-17-12)11-14-10-19(2)18-16(14)13-3-5-15(6-4-13)21(22)23/h3-6,10,12,17H,7-9,11H2,1-2H3/t12-/m0/s1. The van der Waals surface area contributed by atoms with Gasteiger partial charge in [-0.2, -0.15) is 5.10 Å². The van der Waals surface area contributed by atoms with E-state index < -0.39 is 0 Å². The van der Waals surface area contributed by atoms with Crippen molar-refractivity contribution in [3.8, 4) is 11.3 Å². The fourth-order valence-corrected chi connectivity index (χ4v) is 3.03. The number of aryl methyl sites for hydroxylation is 1. The second-order valence-electron chi connectivity index (χ2n) is 6.07. The van der Waals surface area contributed by atoms with Crippen molar-refractivity contribution >= 4 is 5.69 Å². The first kappa shape index (κ1) is 15.6. The molecular formula is C16H21N5O2. The third kappa shape index (κ3) is 3.57. The normalized spacial score (nSPS) is 19.0. The highest BCUT2D eigenvalue weighted by atomic mass is 16.6. The van der Waals surface area contributed by atoms with Gasteiger partial charge in [-0.25, -0.2) is 0 Å². The summed E-state index contributed by atoms with van der Waals surface area (Å²) in [5.74, 6) is 0. The summed E-state index contributed by atoms with van der Waals surface area (Å²) in [5.41, 5.74) is 3.06. The number of nitro groups is 1. The third-order valence-corrected chi connectivity index (χ3v) is 4.10. The van der Waals surface area contributed by atoms with E-state index in [1.54, 1.807) is 16.8 Å². The van der Waals surface area contributed by atoms with Gasteiger partial charge in [0.15, 0.2) is 0 Å². The molecule has 3 rings (SSSR count). The van der Waals surface area contributed by atoms with Crippen LogP contribution >= 0.6 is 0 Å². The minimum atomic E-state index is -0.384. The number of piperazine rings is 1. The van der Waals surface area contributed by atoms with E-state index in [0.717, 1.165) is 43.0 Å². The van der Waals surface area contributed by atoms with Crippen LogP contribution in [0.1, 0.15) is 12.5 Å². The molecule has 1 saturated heterocycles. The minimum absolute atomic E-state index is 0.0992. The van der Waals surface area contributed by atoms with Crippen LogP contribution < -0.4 is 5.32 Å². The van der Waals surface area contributed by atoms with Gasteiger partial charge in [0, 0.05) is 68.7 Å². The first-order valence-corrected chi connectivity index (χ1v) is 7.76. The summed E-state index contributed by atoms with van der Waals surface area (Å²) in [4.78, 5) is 12.8. The molecule has 2 heterocycles. The zero-order valence-corrected chi connectivity index (χ0v) is 13.4. The molecule has 7 heteroatoms. The smallest absolute Gasteiger partial charge is 0.269 e. The first-order chi connectivity index (χ1) is 11.0. The van der Waals surface area contributed by atoms with Gasteiger partial charge in [-0.05, 0) is 19.1 Å². The van der Waals surface area contributed by atoms with E-state index in [1.807, 2.05) is 13.2 Å². The van der Waals surface area contributed by atoms with Gasteiger partial charge in [-0.1, -0.05) is 0 Å². The summed E-state index contributed by atoms with van der Waals surface area (Å²) in [7, 11) is 1.90. The van der Waals surface area contributed by atoms with Crippen molar-refractivity contribution in [1.29, 1.82) is 0 Å². The number of hydrogen-bond acceptors (Lipinski definition) is 5. The van der Waals surface area contributed by atoms with Gasteiger partial charge in [-0.15, -0.1) is 0 Å². The van der Waals surface area contributed by atoms with Gasteiger partial charge in [0.2, 0.25) is 0 Å². The molecule has 2 aromatic rings. The lowest BCUT2D eigenvalue weighted by Gasteiger charge is -2.31. The largest absolute Gasteiger partial charge is 0.312 e. The Morgan fingerprint density at radius 1 is 1.39 bits per heavy atom. The number of rotatable bonds is 4. The Hall–Kier alpha value is -2.25. The van der Waals surface area contributed by atoms with Gasteiger partial charge >= 0.3 is 0 Å². The van der Waals surface area contributed by atoms with Crippen molar-refractivity contribution in [3.05, 3.63) is 46.1 Å². The maximum atomic E-state index is 10.8. The molecule has 23 heavy (non-hydrogen) atoms. The van der Waals surface area contributed by atoms with Gasteiger partial charge in [0.25, 0.3) is 5.69 Å². The number of nitrogens with one attached hydrogen (secondary N) is 1. The van der Waals surface area contributed by atoms with E-state index in [1.165, 1.54) is 12.1 Å². The monoisotopic (exact) mass is 315 g/mol. The predicted octanol–water partition coefficient (Wildman–Crippen LogP) is 1.79. The molecule has 1 aliphatic rings. The molecule has 0 amide bonds. The number of hydrogen-bond donors (Lipinski definition) is 1. The quantitative estimate of drug-likeness (QED) is 0.687. The average molecular weight is 315 g/mol. The second kappa shape index (κ2) is 6.47. The van der Waals surface area contributed by atoms with E-state index in [4.69, 9.17) is 0 Å². The summed E-state index contributed by atoms with van der Waals surface area (Å²) in [6.45, 7) is 6.04. The van der Waals surface area contributed by atoms with Crippen molar-refractivity contribution in [2.75, 3.05) is 19.6 Å². The van der Waals surface area contributed by atoms with Crippen LogP contribution in [0.15, 0.2) is 30.5 Å². The van der Waals surface area contributed by atoms with Crippen LogP contribution in [0.5, 0.6) is 0 Å². The molecule has 7 nitrogen and oxygen atoms in total. The molecule has 122 valence electrons. The Morgan fingerprint density at radius 2 is 2.13 bits per heavy atom. The van der Waals surface area contributed by atoms with Crippen LogP contribution in [0.3, 0.4) is 0 Å². The number of aromatic nitrogens is 2. The third-order valence-electron chi connectivity index (χ3n) is 4.10. The van der Waals surface area contributed by atoms with Crippen LogP contribution in [0.4, 0.5) is 5.69 Å². The maximum Gasteiger partial charge on any atom is 0.269 e. The second-order valence-corrected chi connectivity index (χ2v) is 6.07. The summed E-state index contributed by atoms with van der Waals surface area (Å²) >= 11 is 0. The maximum absolute atomic E-state index is 10.8. The highest BCUT2D eigenvalue weighted by molar-refractivity contribution is 5.64. The van der Waals surface area contributed by atoms with Crippen molar-refractivity contribution in [2.24, 2.45) is 7.05 Å². The Balaban J connectivity index is 1.83. The Bertz CT molecular complexity index is 695. The minimum Gasteiger partial charge on any atom is -0.312 e. The lowest BCUT2D eigenvalue weighted by molar-refractivity contribution is -0.384. The van der Waals surface area contributed by atoms with Crippen LogP contribution in [-0.4, -0.2) is 45.3 Å². The van der Waals surface area contributed by atoms with Crippen molar-refractivity contribution in [3.63, 3.8) is 0 Å². The Kier molecular flexibility index (Phi) is 4.40. The molecule has 0 aliphatic carbocycles. The van der Waals surface area contributed by atoms with Crippen LogP contribution in [0, 0.1) is 10.1 Å². The molecular weight excluding hydrogens is 294 g/mol. The van der Waals surface area contributed by atoms with Crippen LogP contribution in [0.25, 0.3) is 11.3 Å². The van der Waals surface area contributed by atoms with Crippen LogP contribution in [0.2, 0.25) is 0 Å². The SMILES string of the molecule is C[C@H]1CN(Cc2cn(C)nc2-c2ccc([N+](=O)[O-])cc2)CCN1. The molecule has 1 N–H and O–H groups in total. The molecule has 1 aromatic heterocycles. The van der Waals surface area contributed by atoms with Gasteiger partial charge < -0.3 is 5.32 Å². The van der Waals surface area contributed by atoms with Crippen molar-refractivity contribution in [1.82, 2.24) is 20.0 Å². The van der Waals surface area contributed by atoms with Crippen molar-refractivity contribution in [2.45, 2.75) is 19.5 Å². The highest BCUT2D eigenvalue weighted by Gasteiger charge is 2.19. The summed E-state index contributed by atoms with van der Waals surface area (Å²) in [6, 6.07) is 7.08. The van der Waals surface area contributed by atoms with E-state index in [2.05, 4.69) is 22.2 Å². The molecule has 1 aromatic carbocycles. The molecule has 0 spiro atoms. The van der Waals surface area contributed by atoms with E-state index in [9.17, 15) is 10.1 Å². The molecule has 1 fully saturated rings. The van der Waals surface area contributed by atoms with Gasteiger partial charge in [-0.3, -0.25) is 19.7 Å². The number of non-ortho nitro benzene ring substituents is 1. The average Bonchev–Trinajstić information content (AvgIpc) is 2.88. The van der Waals surface area contributed by atoms with E-state index in [-0.39, 0.29) is 10.6 Å². The Morgan fingerprint density at radius 3 is 2.78 bits per heavy atom. The van der Waals surface area contributed by atoms with Gasteiger partial charge in [0.05, 0.1) is 10.6 Å². The molecule has 0 bridgehead atoms. The summed E-state index contributed by atoms with van der Waals surface area (Å²) in [6.07, 6.45) is 2.03. The Labute approximate surface area is 135 Å². The zero-order chi connectivity index (χ0) is 16.4. The molecule has 0 unspecified atom stereocenters.